The highest BCUT2D eigenvalue weighted by atomic mass is 35.5. The second-order valence-electron chi connectivity index (χ2n) is 11.8. The Kier molecular flexibility index (Phi) is 9.69. The van der Waals surface area contributed by atoms with Crippen molar-refractivity contribution in [3.8, 4) is 0 Å². The van der Waals surface area contributed by atoms with Gasteiger partial charge in [-0.15, -0.1) is 10.2 Å². The highest BCUT2D eigenvalue weighted by Gasteiger charge is 2.31. The number of aromatic nitrogens is 4. The topological polar surface area (TPSA) is 127 Å². The number of hydrogen-bond donors (Lipinski definition) is 0. The van der Waals surface area contributed by atoms with Gasteiger partial charge >= 0.3 is 0 Å². The van der Waals surface area contributed by atoms with E-state index in [4.69, 9.17) is 16.6 Å². The molecule has 5 aromatic rings. The van der Waals surface area contributed by atoms with Crippen LogP contribution in [0.15, 0.2) is 71.9 Å². The number of nitro groups is 1. The van der Waals surface area contributed by atoms with Crippen LogP contribution in [0.5, 0.6) is 0 Å². The number of carbonyl (C=O) groups is 2. The second kappa shape index (κ2) is 14.1. The monoisotopic (exact) mass is 671 g/mol. The molecule has 3 aromatic carbocycles. The molecular weight excluding hydrogens is 638 g/mol. The second-order valence-corrected chi connectivity index (χ2v) is 13.2. The molecule has 6 rings (SSSR count). The van der Waals surface area contributed by atoms with Crippen LogP contribution in [0.1, 0.15) is 47.7 Å². The van der Waals surface area contributed by atoms with Gasteiger partial charge in [-0.3, -0.25) is 19.7 Å². The molecule has 0 radical (unpaired) electrons. The van der Waals surface area contributed by atoms with Crippen LogP contribution in [-0.2, 0) is 11.3 Å². The summed E-state index contributed by atoms with van der Waals surface area (Å²) in [5.74, 6) is 0.493. The SMILES string of the molecule is Cc1ccc2c(c1)c1nnc(SCCCCC(=O)N3CCN(C(=O)c4ccc(Cl)c([N+](=O)[O-])c4)C(C)C3)nc1n2Cc1ccccc1. The third-order valence-corrected chi connectivity index (χ3v) is 9.68. The third-order valence-electron chi connectivity index (χ3n) is 8.43. The van der Waals surface area contributed by atoms with Crippen LogP contribution >= 0.6 is 23.4 Å². The Morgan fingerprint density at radius 2 is 1.85 bits per heavy atom. The molecule has 0 bridgehead atoms. The Bertz CT molecular complexity index is 1970. The molecular formula is C34H34ClN7O4S. The van der Waals surface area contributed by atoms with Crippen LogP contribution in [0.2, 0.25) is 5.02 Å². The maximum atomic E-state index is 13.1. The van der Waals surface area contributed by atoms with Crippen molar-refractivity contribution in [2.24, 2.45) is 0 Å². The minimum Gasteiger partial charge on any atom is -0.339 e. The summed E-state index contributed by atoms with van der Waals surface area (Å²) in [6, 6.07) is 20.5. The predicted molar refractivity (Wildman–Crippen MR) is 183 cm³/mol. The molecule has 1 fully saturated rings. The van der Waals surface area contributed by atoms with Gasteiger partial charge in [0.25, 0.3) is 11.6 Å². The van der Waals surface area contributed by atoms with E-state index >= 15 is 0 Å². The van der Waals surface area contributed by atoms with Gasteiger partial charge < -0.3 is 14.4 Å². The zero-order valence-electron chi connectivity index (χ0n) is 26.1. The number of hydrogen-bond acceptors (Lipinski definition) is 8. The van der Waals surface area contributed by atoms with E-state index in [1.807, 2.05) is 25.1 Å². The van der Waals surface area contributed by atoms with Crippen molar-refractivity contribution in [1.29, 1.82) is 0 Å². The lowest BCUT2D eigenvalue weighted by Crippen LogP contribution is -2.55. The molecule has 2 amide bonds. The van der Waals surface area contributed by atoms with Crippen LogP contribution in [-0.4, -0.2) is 77.7 Å². The lowest BCUT2D eigenvalue weighted by atomic mass is 10.1. The number of nitrogens with zero attached hydrogens (tertiary/aromatic N) is 7. The quantitative estimate of drug-likeness (QED) is 0.0709. The number of amides is 2. The summed E-state index contributed by atoms with van der Waals surface area (Å²) in [7, 11) is 0. The van der Waals surface area contributed by atoms with E-state index in [1.165, 1.54) is 35.5 Å². The Balaban J connectivity index is 1.02. The van der Waals surface area contributed by atoms with E-state index in [0.717, 1.165) is 46.2 Å². The van der Waals surface area contributed by atoms with Crippen molar-refractivity contribution in [3.63, 3.8) is 0 Å². The summed E-state index contributed by atoms with van der Waals surface area (Å²) >= 11 is 7.44. The lowest BCUT2D eigenvalue weighted by molar-refractivity contribution is -0.384. The summed E-state index contributed by atoms with van der Waals surface area (Å²) in [5, 5.41) is 21.9. The molecule has 47 heavy (non-hydrogen) atoms. The largest absolute Gasteiger partial charge is 0.339 e. The predicted octanol–water partition coefficient (Wildman–Crippen LogP) is 6.53. The van der Waals surface area contributed by atoms with Gasteiger partial charge in [-0.1, -0.05) is 65.3 Å². The number of carbonyl (C=O) groups excluding carboxylic acids is 2. The number of fused-ring (bicyclic) bond motifs is 3. The van der Waals surface area contributed by atoms with Gasteiger partial charge in [0, 0.05) is 61.4 Å². The van der Waals surface area contributed by atoms with Gasteiger partial charge in [0.1, 0.15) is 10.5 Å². The smallest absolute Gasteiger partial charge is 0.288 e. The molecule has 11 nitrogen and oxygen atoms in total. The molecule has 1 aliphatic heterocycles. The van der Waals surface area contributed by atoms with Crippen LogP contribution in [0.4, 0.5) is 5.69 Å². The number of halogens is 1. The minimum absolute atomic E-state index is 0.0172. The number of piperazine rings is 1. The maximum Gasteiger partial charge on any atom is 0.288 e. The van der Waals surface area contributed by atoms with E-state index in [0.29, 0.717) is 37.8 Å². The van der Waals surface area contributed by atoms with E-state index in [2.05, 4.69) is 52.0 Å². The van der Waals surface area contributed by atoms with Crippen molar-refractivity contribution >= 4 is 62.9 Å². The van der Waals surface area contributed by atoms with Crippen LogP contribution in [0, 0.1) is 17.0 Å². The number of benzene rings is 3. The zero-order valence-corrected chi connectivity index (χ0v) is 27.7. The van der Waals surface area contributed by atoms with Gasteiger partial charge in [0.2, 0.25) is 11.1 Å². The standard InChI is InChI=1S/C34H34ClN7O4S/c1-22-11-14-28-26(18-22)31-32(41(28)21-24-8-4-3-5-9-24)36-34(38-37-31)47-17-7-6-10-30(43)39-15-16-40(23(2)20-39)33(44)25-12-13-27(35)29(19-25)42(45)46/h3-5,8-9,11-14,18-19,23H,6-7,10,15-17,20-21H2,1-2H3. The molecule has 0 N–H and O–H groups in total. The van der Waals surface area contributed by atoms with E-state index in [9.17, 15) is 19.7 Å². The fourth-order valence-corrected chi connectivity index (χ4v) is 6.95. The molecule has 1 unspecified atom stereocenters. The highest BCUT2D eigenvalue weighted by Crippen LogP contribution is 2.30. The van der Waals surface area contributed by atoms with Crippen LogP contribution < -0.4 is 0 Å². The van der Waals surface area contributed by atoms with Gasteiger partial charge in [-0.2, -0.15) is 0 Å². The minimum atomic E-state index is -0.603. The highest BCUT2D eigenvalue weighted by molar-refractivity contribution is 7.99. The average molecular weight is 672 g/mol. The van der Waals surface area contributed by atoms with Crippen molar-refractivity contribution < 1.29 is 14.5 Å². The Labute approximate surface area is 281 Å². The van der Waals surface area contributed by atoms with Crippen molar-refractivity contribution in [2.75, 3.05) is 25.4 Å². The summed E-state index contributed by atoms with van der Waals surface area (Å²) in [4.78, 5) is 45.1. The molecule has 0 aliphatic carbocycles. The summed E-state index contributed by atoms with van der Waals surface area (Å²) in [6.07, 6.45) is 1.94. The summed E-state index contributed by atoms with van der Waals surface area (Å²) in [6.45, 7) is 5.80. The van der Waals surface area contributed by atoms with E-state index < -0.39 is 4.92 Å². The van der Waals surface area contributed by atoms with Crippen molar-refractivity contribution in [3.05, 3.63) is 98.6 Å². The van der Waals surface area contributed by atoms with Crippen molar-refractivity contribution in [2.45, 2.75) is 50.9 Å². The molecule has 2 aromatic heterocycles. The van der Waals surface area contributed by atoms with Crippen LogP contribution in [0.25, 0.3) is 22.1 Å². The zero-order chi connectivity index (χ0) is 33.1. The molecule has 0 saturated carbocycles. The Hall–Kier alpha value is -4.55. The number of aryl methyl sites for hydroxylation is 1. The van der Waals surface area contributed by atoms with Crippen molar-refractivity contribution in [1.82, 2.24) is 29.5 Å². The van der Waals surface area contributed by atoms with Gasteiger partial charge in [-0.25, -0.2) is 4.98 Å². The van der Waals surface area contributed by atoms with E-state index in [1.54, 1.807) is 9.80 Å². The fourth-order valence-electron chi connectivity index (χ4n) is 5.98. The van der Waals surface area contributed by atoms with Gasteiger partial charge in [0.15, 0.2) is 5.65 Å². The first-order chi connectivity index (χ1) is 22.7. The lowest BCUT2D eigenvalue weighted by Gasteiger charge is -2.40. The number of nitro benzene ring substituents is 1. The molecule has 1 atom stereocenters. The molecule has 1 saturated heterocycles. The first-order valence-corrected chi connectivity index (χ1v) is 16.9. The Morgan fingerprint density at radius 3 is 2.62 bits per heavy atom. The molecule has 242 valence electrons. The third kappa shape index (κ3) is 7.08. The number of thioether (sulfide) groups is 1. The first kappa shape index (κ1) is 32.4. The first-order valence-electron chi connectivity index (χ1n) is 15.5. The Morgan fingerprint density at radius 1 is 1.04 bits per heavy atom. The van der Waals surface area contributed by atoms with Crippen LogP contribution in [0.3, 0.4) is 0 Å². The summed E-state index contributed by atoms with van der Waals surface area (Å²) in [5.41, 5.74) is 4.91. The molecule has 0 spiro atoms. The molecule has 13 heteroatoms. The van der Waals surface area contributed by atoms with Gasteiger partial charge in [0.05, 0.1) is 10.4 Å². The summed E-state index contributed by atoms with van der Waals surface area (Å²) < 4.78 is 2.20. The van der Waals surface area contributed by atoms with Gasteiger partial charge in [-0.05, 0) is 56.5 Å². The maximum absolute atomic E-state index is 13.1. The fraction of sp³-hybridized carbons (Fsp3) is 0.324. The van der Waals surface area contributed by atoms with E-state index in [-0.39, 0.29) is 34.1 Å². The molecule has 1 aliphatic rings. The number of rotatable bonds is 10. The molecule has 3 heterocycles. The normalized spacial score (nSPS) is 15.0. The number of unbranched alkanes of at least 4 members (excludes halogenated alkanes) is 1. The average Bonchev–Trinajstić information content (AvgIpc) is 3.36.